The summed E-state index contributed by atoms with van der Waals surface area (Å²) in [5, 5.41) is 4.34. The van der Waals surface area contributed by atoms with Gasteiger partial charge in [0.1, 0.15) is 5.75 Å². The number of nitrogens with one attached hydrogen (secondary N) is 1. The number of benzene rings is 2. The Morgan fingerprint density at radius 3 is 2.64 bits per heavy atom. The van der Waals surface area contributed by atoms with Gasteiger partial charge in [0.2, 0.25) is 0 Å². The van der Waals surface area contributed by atoms with Crippen molar-refractivity contribution in [2.24, 2.45) is 0 Å². The van der Waals surface area contributed by atoms with E-state index in [1.807, 2.05) is 60.4 Å². The van der Waals surface area contributed by atoms with E-state index in [9.17, 15) is 4.79 Å². The first kappa shape index (κ1) is 18.3. The predicted molar refractivity (Wildman–Crippen MR) is 109 cm³/mol. The van der Waals surface area contributed by atoms with Gasteiger partial charge in [0, 0.05) is 30.4 Å². The van der Waals surface area contributed by atoms with Gasteiger partial charge in [-0.1, -0.05) is 18.2 Å². The Kier molecular flexibility index (Phi) is 5.39. The topological polar surface area (TPSA) is 63.7 Å². The van der Waals surface area contributed by atoms with Crippen LogP contribution in [0.3, 0.4) is 0 Å². The number of amides is 1. The van der Waals surface area contributed by atoms with Crippen molar-refractivity contribution in [2.45, 2.75) is 6.92 Å². The summed E-state index contributed by atoms with van der Waals surface area (Å²) in [7, 11) is 0. The van der Waals surface area contributed by atoms with E-state index in [4.69, 9.17) is 9.47 Å². The minimum Gasteiger partial charge on any atom is -0.494 e. The molecule has 1 fully saturated rings. The minimum atomic E-state index is -0.0324. The van der Waals surface area contributed by atoms with Gasteiger partial charge in [-0.05, 0) is 37.3 Å². The van der Waals surface area contributed by atoms with Crippen molar-refractivity contribution in [1.82, 2.24) is 9.88 Å². The first-order chi connectivity index (χ1) is 13.8. The van der Waals surface area contributed by atoms with E-state index >= 15 is 0 Å². The van der Waals surface area contributed by atoms with Gasteiger partial charge in [0.15, 0.2) is 0 Å². The fraction of sp³-hybridized carbons (Fsp3) is 0.273. The molecule has 3 aromatic rings. The summed E-state index contributed by atoms with van der Waals surface area (Å²) in [6.07, 6.45) is 1.66. The lowest BCUT2D eigenvalue weighted by atomic mass is 10.1. The number of rotatable bonds is 5. The van der Waals surface area contributed by atoms with Crippen molar-refractivity contribution in [3.8, 4) is 5.75 Å². The largest absolute Gasteiger partial charge is 0.494 e. The number of carbonyl (C=O) groups excluding carboxylic acids is 1. The van der Waals surface area contributed by atoms with Crippen molar-refractivity contribution >= 4 is 28.2 Å². The summed E-state index contributed by atoms with van der Waals surface area (Å²) in [4.78, 5) is 19.5. The van der Waals surface area contributed by atoms with Crippen molar-refractivity contribution in [2.75, 3.05) is 38.2 Å². The Bertz CT molecular complexity index is 966. The Hall–Kier alpha value is -3.12. The quantitative estimate of drug-likeness (QED) is 0.732. The third kappa shape index (κ3) is 3.77. The zero-order valence-corrected chi connectivity index (χ0v) is 15.9. The number of anilines is 2. The summed E-state index contributed by atoms with van der Waals surface area (Å²) in [5.74, 6) is 0.784. The fourth-order valence-electron chi connectivity index (χ4n) is 3.32. The standard InChI is InChI=1S/C22H23N3O3/c1-2-28-17-9-7-16(8-10-17)24-21-18-5-3-4-6-20(18)23-15-19(21)22(26)25-11-13-27-14-12-25/h3-10,15H,2,11-14H2,1H3,(H,23,24). The molecule has 1 aromatic heterocycles. The molecule has 1 aliphatic heterocycles. The van der Waals surface area contributed by atoms with E-state index in [1.165, 1.54) is 0 Å². The van der Waals surface area contributed by atoms with E-state index in [-0.39, 0.29) is 5.91 Å². The first-order valence-electron chi connectivity index (χ1n) is 9.51. The van der Waals surface area contributed by atoms with Crippen LogP contribution in [-0.2, 0) is 4.74 Å². The van der Waals surface area contributed by atoms with Gasteiger partial charge in [-0.25, -0.2) is 0 Å². The predicted octanol–water partition coefficient (Wildman–Crippen LogP) is 3.85. The molecule has 4 rings (SSSR count). The Labute approximate surface area is 164 Å². The number of morpholine rings is 1. The Balaban J connectivity index is 1.72. The van der Waals surface area contributed by atoms with Gasteiger partial charge < -0.3 is 19.7 Å². The number of carbonyl (C=O) groups is 1. The fourth-order valence-corrected chi connectivity index (χ4v) is 3.32. The molecule has 2 heterocycles. The highest BCUT2D eigenvalue weighted by molar-refractivity contribution is 6.08. The normalized spacial score (nSPS) is 14.1. The Morgan fingerprint density at radius 2 is 1.89 bits per heavy atom. The second-order valence-electron chi connectivity index (χ2n) is 6.55. The van der Waals surface area contributed by atoms with Crippen LogP contribution in [0.5, 0.6) is 5.75 Å². The van der Waals surface area contributed by atoms with Crippen molar-refractivity contribution in [1.29, 1.82) is 0 Å². The van der Waals surface area contributed by atoms with Crippen LogP contribution in [0.1, 0.15) is 17.3 Å². The molecule has 28 heavy (non-hydrogen) atoms. The number of aromatic nitrogens is 1. The molecule has 0 spiro atoms. The summed E-state index contributed by atoms with van der Waals surface area (Å²) in [6.45, 7) is 4.89. The van der Waals surface area contributed by atoms with Crippen LogP contribution in [0, 0.1) is 0 Å². The summed E-state index contributed by atoms with van der Waals surface area (Å²) in [5.41, 5.74) is 3.06. The molecule has 1 aliphatic rings. The van der Waals surface area contributed by atoms with Crippen molar-refractivity contribution in [3.05, 3.63) is 60.3 Å². The number of ether oxygens (including phenoxy) is 2. The zero-order chi connectivity index (χ0) is 19.3. The third-order valence-electron chi connectivity index (χ3n) is 4.74. The second-order valence-corrected chi connectivity index (χ2v) is 6.55. The SMILES string of the molecule is CCOc1ccc(Nc2c(C(=O)N3CCOCC3)cnc3ccccc23)cc1. The maximum absolute atomic E-state index is 13.2. The molecule has 2 aromatic carbocycles. The number of pyridine rings is 1. The molecule has 1 N–H and O–H groups in total. The van der Waals surface area contributed by atoms with Gasteiger partial charge in [-0.15, -0.1) is 0 Å². The van der Waals surface area contributed by atoms with Crippen LogP contribution in [0.2, 0.25) is 0 Å². The maximum Gasteiger partial charge on any atom is 0.257 e. The molecule has 0 radical (unpaired) electrons. The summed E-state index contributed by atoms with van der Waals surface area (Å²) < 4.78 is 10.9. The molecule has 1 saturated heterocycles. The highest BCUT2D eigenvalue weighted by atomic mass is 16.5. The van der Waals surface area contributed by atoms with Crippen LogP contribution in [-0.4, -0.2) is 48.7 Å². The average Bonchev–Trinajstić information content (AvgIpc) is 2.76. The number of nitrogens with zero attached hydrogens (tertiary/aromatic N) is 2. The molecule has 1 amide bonds. The van der Waals surface area contributed by atoms with E-state index in [0.717, 1.165) is 28.0 Å². The van der Waals surface area contributed by atoms with Crippen LogP contribution in [0.25, 0.3) is 10.9 Å². The first-order valence-corrected chi connectivity index (χ1v) is 9.51. The molecule has 0 aliphatic carbocycles. The van der Waals surface area contributed by atoms with E-state index in [0.29, 0.717) is 38.5 Å². The minimum absolute atomic E-state index is 0.0324. The maximum atomic E-state index is 13.2. The highest BCUT2D eigenvalue weighted by Crippen LogP contribution is 2.30. The van der Waals surface area contributed by atoms with Gasteiger partial charge in [0.05, 0.1) is 36.6 Å². The summed E-state index contributed by atoms with van der Waals surface area (Å²) in [6, 6.07) is 15.6. The second kappa shape index (κ2) is 8.27. The Morgan fingerprint density at radius 1 is 1.14 bits per heavy atom. The number of hydrogen-bond donors (Lipinski definition) is 1. The van der Waals surface area contributed by atoms with Gasteiger partial charge >= 0.3 is 0 Å². The molecule has 0 bridgehead atoms. The zero-order valence-electron chi connectivity index (χ0n) is 15.9. The monoisotopic (exact) mass is 377 g/mol. The molecular weight excluding hydrogens is 354 g/mol. The van der Waals surface area contributed by atoms with Crippen LogP contribution in [0.4, 0.5) is 11.4 Å². The molecule has 6 nitrogen and oxygen atoms in total. The molecule has 6 heteroatoms. The lowest BCUT2D eigenvalue weighted by molar-refractivity contribution is 0.0303. The number of hydrogen-bond acceptors (Lipinski definition) is 5. The molecule has 0 unspecified atom stereocenters. The third-order valence-corrected chi connectivity index (χ3v) is 4.74. The highest BCUT2D eigenvalue weighted by Gasteiger charge is 2.23. The van der Waals surface area contributed by atoms with Gasteiger partial charge in [-0.3, -0.25) is 9.78 Å². The molecule has 0 saturated carbocycles. The number of para-hydroxylation sites is 1. The average molecular weight is 377 g/mol. The van der Waals surface area contributed by atoms with Gasteiger partial charge in [0.25, 0.3) is 5.91 Å². The van der Waals surface area contributed by atoms with Crippen LogP contribution < -0.4 is 10.1 Å². The van der Waals surface area contributed by atoms with E-state index in [1.54, 1.807) is 6.20 Å². The van der Waals surface area contributed by atoms with Crippen molar-refractivity contribution in [3.63, 3.8) is 0 Å². The lowest BCUT2D eigenvalue weighted by Gasteiger charge is -2.28. The van der Waals surface area contributed by atoms with E-state index < -0.39 is 0 Å². The lowest BCUT2D eigenvalue weighted by Crippen LogP contribution is -2.41. The molecule has 144 valence electrons. The van der Waals surface area contributed by atoms with E-state index in [2.05, 4.69) is 10.3 Å². The summed E-state index contributed by atoms with van der Waals surface area (Å²) >= 11 is 0. The van der Waals surface area contributed by atoms with Crippen LogP contribution >= 0.6 is 0 Å². The van der Waals surface area contributed by atoms with Gasteiger partial charge in [-0.2, -0.15) is 0 Å². The molecule has 0 atom stereocenters. The number of fused-ring (bicyclic) bond motifs is 1. The smallest absolute Gasteiger partial charge is 0.257 e. The molecular formula is C22H23N3O3. The van der Waals surface area contributed by atoms with Crippen molar-refractivity contribution < 1.29 is 14.3 Å². The van der Waals surface area contributed by atoms with Crippen LogP contribution in [0.15, 0.2) is 54.7 Å².